The third kappa shape index (κ3) is 12.8. The lowest BCUT2D eigenvalue weighted by Crippen LogP contribution is -2.23. The Morgan fingerprint density at radius 2 is 1.25 bits per heavy atom. The van der Waals surface area contributed by atoms with E-state index in [-0.39, 0.29) is 24.3 Å². The fourth-order valence-electron chi connectivity index (χ4n) is 3.04. The van der Waals surface area contributed by atoms with Crippen molar-refractivity contribution in [3.8, 4) is 0 Å². The van der Waals surface area contributed by atoms with Gasteiger partial charge in [-0.25, -0.2) is 9.59 Å². The minimum atomic E-state index is -0.808. The lowest BCUT2D eigenvalue weighted by Gasteiger charge is -2.19. The number of carbonyl (C=O) groups is 4. The summed E-state index contributed by atoms with van der Waals surface area (Å²) in [7, 11) is 0. The number of hydrogen-bond acceptors (Lipinski definition) is 7. The number of carbonyl (C=O) groups excluding carboxylic acids is 3. The van der Waals surface area contributed by atoms with E-state index in [0.29, 0.717) is 56.7 Å². The zero-order valence-corrected chi connectivity index (χ0v) is 21.8. The molecule has 10 nitrogen and oxygen atoms in total. The van der Waals surface area contributed by atoms with Crippen LogP contribution in [-0.2, 0) is 36.9 Å². The van der Waals surface area contributed by atoms with Gasteiger partial charge in [0.15, 0.2) is 0 Å². The minimum Gasteiger partial charge on any atom is -0.481 e. The minimum absolute atomic E-state index is 0.132. The number of aryl methyl sites for hydroxylation is 2. The van der Waals surface area contributed by atoms with Crippen molar-refractivity contribution < 1.29 is 38.5 Å². The Morgan fingerprint density at radius 3 is 1.64 bits per heavy atom. The summed E-state index contributed by atoms with van der Waals surface area (Å²) in [6.07, 6.45) is 8.66. The molecule has 0 bridgehead atoms. The van der Waals surface area contributed by atoms with E-state index in [0.717, 1.165) is 0 Å². The van der Waals surface area contributed by atoms with Crippen molar-refractivity contribution in [3.05, 3.63) is 48.0 Å². The summed E-state index contributed by atoms with van der Waals surface area (Å²) in [5.41, 5.74) is 0.586. The van der Waals surface area contributed by atoms with E-state index in [4.69, 9.17) is 19.3 Å². The van der Waals surface area contributed by atoms with Crippen molar-refractivity contribution in [3.63, 3.8) is 0 Å². The van der Waals surface area contributed by atoms with Crippen LogP contribution < -0.4 is 0 Å². The number of ether oxygens (including phenoxy) is 3. The van der Waals surface area contributed by atoms with Crippen LogP contribution in [0.15, 0.2) is 36.9 Å². The number of rotatable bonds is 12. The van der Waals surface area contributed by atoms with Gasteiger partial charge in [-0.3, -0.25) is 9.59 Å². The van der Waals surface area contributed by atoms with Gasteiger partial charge in [0.05, 0.1) is 24.3 Å². The maximum absolute atomic E-state index is 11.5. The second-order valence-corrected chi connectivity index (χ2v) is 8.90. The van der Waals surface area contributed by atoms with Crippen molar-refractivity contribution in [1.82, 2.24) is 9.13 Å². The smallest absolute Gasteiger partial charge is 0.339 e. The molecule has 10 heteroatoms. The van der Waals surface area contributed by atoms with E-state index < -0.39 is 11.6 Å². The number of carboxylic acid groups (broad SMARTS) is 1. The molecule has 36 heavy (non-hydrogen) atoms. The van der Waals surface area contributed by atoms with Crippen molar-refractivity contribution >= 4 is 23.9 Å². The molecular weight excluding hydrogens is 468 g/mol. The number of hydrogen-bond donors (Lipinski definition) is 1. The third-order valence-electron chi connectivity index (χ3n) is 4.55. The summed E-state index contributed by atoms with van der Waals surface area (Å²) in [5, 5.41) is 8.47. The first kappa shape index (κ1) is 30.5. The molecule has 0 aliphatic heterocycles. The average molecular weight is 507 g/mol. The van der Waals surface area contributed by atoms with Crippen LogP contribution in [0.1, 0.15) is 81.0 Å². The largest absolute Gasteiger partial charge is 0.481 e. The monoisotopic (exact) mass is 506 g/mol. The molecule has 0 saturated carbocycles. The molecule has 0 spiro atoms. The zero-order chi connectivity index (χ0) is 27.1. The predicted octanol–water partition coefficient (Wildman–Crippen LogP) is 4.32. The molecule has 1 N–H and O–H groups in total. The first-order valence-corrected chi connectivity index (χ1v) is 12.0. The van der Waals surface area contributed by atoms with Gasteiger partial charge >= 0.3 is 23.9 Å². The first-order chi connectivity index (χ1) is 16.9. The van der Waals surface area contributed by atoms with Crippen molar-refractivity contribution in [1.29, 1.82) is 0 Å². The molecule has 2 aromatic rings. The van der Waals surface area contributed by atoms with Gasteiger partial charge in [-0.2, -0.15) is 0 Å². The molecule has 0 radical (unpaired) electrons. The molecule has 200 valence electrons. The molecule has 0 fully saturated rings. The number of carboxylic acids is 1. The quantitative estimate of drug-likeness (QED) is 0.333. The topological polar surface area (TPSA) is 126 Å². The predicted molar refractivity (Wildman–Crippen MR) is 133 cm³/mol. The molecule has 0 aliphatic rings. The molecule has 0 amide bonds. The van der Waals surface area contributed by atoms with Crippen LogP contribution >= 0.6 is 0 Å². The molecule has 0 atom stereocenters. The van der Waals surface area contributed by atoms with E-state index in [1.807, 2.05) is 25.3 Å². The zero-order valence-electron chi connectivity index (χ0n) is 21.8. The molecule has 0 unspecified atom stereocenters. The highest BCUT2D eigenvalue weighted by Crippen LogP contribution is 2.10. The number of nitrogens with zero attached hydrogens (tertiary/aromatic N) is 2. The van der Waals surface area contributed by atoms with Gasteiger partial charge in [0.25, 0.3) is 0 Å². The Labute approximate surface area is 212 Å². The highest BCUT2D eigenvalue weighted by molar-refractivity contribution is 5.89. The van der Waals surface area contributed by atoms with E-state index in [9.17, 15) is 19.2 Å². The van der Waals surface area contributed by atoms with Gasteiger partial charge in [-0.1, -0.05) is 0 Å². The molecule has 0 aliphatic carbocycles. The van der Waals surface area contributed by atoms with E-state index in [1.54, 1.807) is 55.3 Å². The molecule has 2 aromatic heterocycles. The molecular formula is C26H38N2O8. The van der Waals surface area contributed by atoms with Gasteiger partial charge in [0.1, 0.15) is 5.60 Å². The lowest BCUT2D eigenvalue weighted by molar-refractivity contribution is -0.155. The molecule has 0 aromatic carbocycles. The summed E-state index contributed by atoms with van der Waals surface area (Å²) in [5.74, 6) is -1.68. The summed E-state index contributed by atoms with van der Waals surface area (Å²) in [6, 6.07) is 3.38. The van der Waals surface area contributed by atoms with Crippen molar-refractivity contribution in [2.75, 3.05) is 13.2 Å². The van der Waals surface area contributed by atoms with Gasteiger partial charge in [-0.05, 0) is 59.6 Å². The number of esters is 3. The van der Waals surface area contributed by atoms with Crippen LogP contribution in [-0.4, -0.2) is 56.9 Å². The van der Waals surface area contributed by atoms with Gasteiger partial charge < -0.3 is 28.5 Å². The van der Waals surface area contributed by atoms with Crippen LogP contribution in [0.4, 0.5) is 0 Å². The summed E-state index contributed by atoms with van der Waals surface area (Å²) in [6.45, 7) is 11.0. The Hall–Kier alpha value is -3.56. The molecule has 0 saturated heterocycles. The normalized spacial score (nSPS) is 10.7. The fraction of sp³-hybridized carbons (Fsp3) is 0.538. The fourth-order valence-corrected chi connectivity index (χ4v) is 3.04. The van der Waals surface area contributed by atoms with Gasteiger partial charge in [0.2, 0.25) is 0 Å². The third-order valence-corrected chi connectivity index (χ3v) is 4.55. The maximum atomic E-state index is 11.5. The number of aromatic nitrogens is 2. The Bertz CT molecular complexity index is 984. The van der Waals surface area contributed by atoms with Crippen LogP contribution in [0.3, 0.4) is 0 Å². The second-order valence-electron chi connectivity index (χ2n) is 8.90. The van der Waals surface area contributed by atoms with Crippen LogP contribution in [0.25, 0.3) is 0 Å². The van der Waals surface area contributed by atoms with E-state index in [2.05, 4.69) is 0 Å². The van der Waals surface area contributed by atoms with Crippen molar-refractivity contribution in [2.45, 2.75) is 79.0 Å². The van der Waals surface area contributed by atoms with Crippen LogP contribution in [0.2, 0.25) is 0 Å². The lowest BCUT2D eigenvalue weighted by atomic mass is 10.2. The SMILES string of the molecule is CCOC(=O)c1ccn(CCCC(=O)O)c1.CCOC(=O)c1ccn(CCCC(=O)OC(C)(C)C)c1. The van der Waals surface area contributed by atoms with Crippen LogP contribution in [0.5, 0.6) is 0 Å². The summed E-state index contributed by atoms with van der Waals surface area (Å²) < 4.78 is 18.6. The van der Waals surface area contributed by atoms with Gasteiger partial charge in [-0.15, -0.1) is 0 Å². The van der Waals surface area contributed by atoms with Gasteiger partial charge in [0, 0.05) is 50.7 Å². The first-order valence-electron chi connectivity index (χ1n) is 12.0. The average Bonchev–Trinajstić information content (AvgIpc) is 3.43. The highest BCUT2D eigenvalue weighted by Gasteiger charge is 2.16. The Morgan fingerprint density at radius 1 is 0.806 bits per heavy atom. The molecule has 2 heterocycles. The highest BCUT2D eigenvalue weighted by atomic mass is 16.6. The summed E-state index contributed by atoms with van der Waals surface area (Å²) >= 11 is 0. The molecule has 2 rings (SSSR count). The van der Waals surface area contributed by atoms with E-state index in [1.165, 1.54) is 0 Å². The second kappa shape index (κ2) is 15.4. The van der Waals surface area contributed by atoms with Crippen LogP contribution in [0, 0.1) is 0 Å². The summed E-state index contributed by atoms with van der Waals surface area (Å²) in [4.78, 5) is 44.6. The number of aliphatic carboxylic acids is 1. The van der Waals surface area contributed by atoms with Crippen molar-refractivity contribution in [2.24, 2.45) is 0 Å². The van der Waals surface area contributed by atoms with E-state index >= 15 is 0 Å². The Balaban J connectivity index is 0.000000369. The maximum Gasteiger partial charge on any atom is 0.339 e. The Kier molecular flexibility index (Phi) is 13.1. The standard InChI is InChI=1S/C15H23NO4.C11H15NO4/c1-5-19-14(18)12-8-10-16(11-12)9-6-7-13(17)20-15(2,3)4;1-2-16-11(15)9-5-7-12(8-9)6-3-4-10(13)14/h8,10-11H,5-7,9H2,1-4H3;5,7-8H,2-4,6H2,1H3,(H,13,14).